The Morgan fingerprint density at radius 3 is 2.74 bits per heavy atom. The first-order chi connectivity index (χ1) is 16.2. The molecule has 3 aromatic heterocycles. The van der Waals surface area contributed by atoms with Crippen LogP contribution in [0.15, 0.2) is 41.5 Å². The Kier molecular flexibility index (Phi) is 5.40. The molecule has 0 spiro atoms. The summed E-state index contributed by atoms with van der Waals surface area (Å²) >= 11 is 0. The number of hydrogen-bond donors (Lipinski definition) is 2. The first-order valence-electron chi connectivity index (χ1n) is 11.3. The first-order valence-corrected chi connectivity index (χ1v) is 11.3. The van der Waals surface area contributed by atoms with Gasteiger partial charge in [-0.2, -0.15) is 9.67 Å². The Labute approximate surface area is 196 Å². The van der Waals surface area contributed by atoms with Crippen LogP contribution in [0.25, 0.3) is 17.0 Å². The molecule has 9 nitrogen and oxygen atoms in total. The van der Waals surface area contributed by atoms with Crippen molar-refractivity contribution in [1.29, 1.82) is 0 Å². The summed E-state index contributed by atoms with van der Waals surface area (Å²) in [4.78, 5) is 30.9. The lowest BCUT2D eigenvalue weighted by atomic mass is 10.0. The van der Waals surface area contributed by atoms with Gasteiger partial charge in [-0.05, 0) is 70.0 Å². The Morgan fingerprint density at radius 2 is 1.97 bits per heavy atom. The van der Waals surface area contributed by atoms with Gasteiger partial charge in [0.2, 0.25) is 5.95 Å². The average Bonchev–Trinajstić information content (AvgIpc) is 3.10. The lowest BCUT2D eigenvalue weighted by molar-refractivity contribution is 0.213. The van der Waals surface area contributed by atoms with Crippen LogP contribution in [-0.4, -0.2) is 35.8 Å². The number of hydrogen-bond acceptors (Lipinski definition) is 7. The van der Waals surface area contributed by atoms with E-state index >= 15 is 0 Å². The third kappa shape index (κ3) is 3.94. The first kappa shape index (κ1) is 22.1. The molecule has 2 N–H and O–H groups in total. The molecule has 5 rings (SSSR count). The van der Waals surface area contributed by atoms with Crippen molar-refractivity contribution in [2.75, 3.05) is 11.9 Å². The average molecular weight is 463 g/mol. The van der Waals surface area contributed by atoms with Crippen molar-refractivity contribution in [2.24, 2.45) is 0 Å². The summed E-state index contributed by atoms with van der Waals surface area (Å²) in [5, 5.41) is 6.95. The molecular formula is C24H27FN8O. The van der Waals surface area contributed by atoms with Crippen molar-refractivity contribution in [3.63, 3.8) is 0 Å². The number of nitrogens with one attached hydrogen (secondary N) is 2. The fraction of sp³-hybridized carbons (Fsp3) is 0.375. The summed E-state index contributed by atoms with van der Waals surface area (Å²) in [6.45, 7) is 8.43. The molecule has 4 heterocycles. The number of alkyl halides is 1. The molecule has 1 aromatic carbocycles. The molecular weight excluding hydrogens is 435 g/mol. The van der Waals surface area contributed by atoms with E-state index in [0.717, 1.165) is 25.2 Å². The summed E-state index contributed by atoms with van der Waals surface area (Å²) in [7, 11) is 0. The van der Waals surface area contributed by atoms with Crippen LogP contribution in [0, 0.1) is 0 Å². The number of anilines is 2. The highest BCUT2D eigenvalue weighted by atomic mass is 19.1. The van der Waals surface area contributed by atoms with E-state index in [1.54, 1.807) is 4.68 Å². The van der Waals surface area contributed by atoms with Gasteiger partial charge in [0.1, 0.15) is 11.1 Å². The van der Waals surface area contributed by atoms with Gasteiger partial charge in [0.15, 0.2) is 5.65 Å². The van der Waals surface area contributed by atoms with Crippen LogP contribution in [-0.2, 0) is 18.6 Å². The van der Waals surface area contributed by atoms with Gasteiger partial charge in [0.05, 0.1) is 5.69 Å². The summed E-state index contributed by atoms with van der Waals surface area (Å²) in [6.07, 6.45) is 3.99. The molecule has 0 atom stereocenters. The largest absolute Gasteiger partial charge is 0.324 e. The van der Waals surface area contributed by atoms with Gasteiger partial charge in [-0.15, -0.1) is 0 Å². The van der Waals surface area contributed by atoms with Crippen LogP contribution in [0.5, 0.6) is 0 Å². The number of fused-ring (bicyclic) bond motifs is 2. The topological polar surface area (TPSA) is 103 Å². The van der Waals surface area contributed by atoms with Crippen molar-refractivity contribution in [3.8, 4) is 5.95 Å². The van der Waals surface area contributed by atoms with Crippen molar-refractivity contribution in [2.45, 2.75) is 52.4 Å². The van der Waals surface area contributed by atoms with Crippen LogP contribution in [0.4, 0.5) is 16.0 Å². The highest BCUT2D eigenvalue weighted by Gasteiger charge is 2.25. The minimum Gasteiger partial charge on any atom is -0.324 e. The van der Waals surface area contributed by atoms with E-state index in [9.17, 15) is 9.18 Å². The molecule has 0 bridgehead atoms. The summed E-state index contributed by atoms with van der Waals surface area (Å²) in [6, 6.07) is 7.51. The number of rotatable bonds is 5. The Morgan fingerprint density at radius 1 is 1.15 bits per heavy atom. The van der Waals surface area contributed by atoms with Gasteiger partial charge < -0.3 is 10.6 Å². The van der Waals surface area contributed by atoms with E-state index in [1.165, 1.54) is 48.1 Å². The SMILES string of the molecule is CC(C)n1c(=O)c2cnc(Nc3ccc4c(c3)CNCC4)nc2n1-c1nccc(C(C)(C)F)n1. The normalized spacial score (nSPS) is 13.9. The molecule has 10 heteroatoms. The minimum absolute atomic E-state index is 0.175. The summed E-state index contributed by atoms with van der Waals surface area (Å²) in [5.41, 5.74) is 2.07. The van der Waals surface area contributed by atoms with Gasteiger partial charge in [-0.3, -0.25) is 4.79 Å². The molecule has 0 saturated heterocycles. The van der Waals surface area contributed by atoms with Crippen LogP contribution >= 0.6 is 0 Å². The molecule has 0 amide bonds. The van der Waals surface area contributed by atoms with E-state index in [1.807, 2.05) is 19.9 Å². The Hall–Kier alpha value is -3.66. The van der Waals surface area contributed by atoms with Gasteiger partial charge in [0, 0.05) is 30.7 Å². The Bertz CT molecular complexity index is 1430. The molecule has 1 aliphatic rings. The van der Waals surface area contributed by atoms with E-state index in [2.05, 4.69) is 42.7 Å². The lowest BCUT2D eigenvalue weighted by Gasteiger charge is -2.18. The maximum atomic E-state index is 14.6. The number of halogens is 1. The highest BCUT2D eigenvalue weighted by molar-refractivity contribution is 5.76. The molecule has 0 aliphatic carbocycles. The van der Waals surface area contributed by atoms with Gasteiger partial charge >= 0.3 is 0 Å². The zero-order valence-electron chi connectivity index (χ0n) is 19.6. The molecule has 4 aromatic rings. The van der Waals surface area contributed by atoms with E-state index < -0.39 is 5.67 Å². The smallest absolute Gasteiger partial charge is 0.278 e. The lowest BCUT2D eigenvalue weighted by Crippen LogP contribution is -2.26. The zero-order chi connectivity index (χ0) is 24.0. The predicted molar refractivity (Wildman–Crippen MR) is 128 cm³/mol. The third-order valence-corrected chi connectivity index (χ3v) is 5.90. The van der Waals surface area contributed by atoms with Crippen molar-refractivity contribution in [3.05, 3.63) is 63.8 Å². The quantitative estimate of drug-likeness (QED) is 0.468. The molecule has 0 unspecified atom stereocenters. The molecule has 0 radical (unpaired) electrons. The summed E-state index contributed by atoms with van der Waals surface area (Å²) < 4.78 is 17.7. The molecule has 34 heavy (non-hydrogen) atoms. The third-order valence-electron chi connectivity index (χ3n) is 5.90. The van der Waals surface area contributed by atoms with Crippen LogP contribution in [0.2, 0.25) is 0 Å². The van der Waals surface area contributed by atoms with E-state index in [4.69, 9.17) is 0 Å². The molecule has 1 aliphatic heterocycles. The van der Waals surface area contributed by atoms with E-state index in [-0.39, 0.29) is 23.2 Å². The maximum absolute atomic E-state index is 14.6. The van der Waals surface area contributed by atoms with Crippen molar-refractivity contribution < 1.29 is 4.39 Å². The highest BCUT2D eigenvalue weighted by Crippen LogP contribution is 2.25. The van der Waals surface area contributed by atoms with Crippen molar-refractivity contribution in [1.82, 2.24) is 34.6 Å². The number of nitrogens with zero attached hydrogens (tertiary/aromatic N) is 6. The predicted octanol–water partition coefficient (Wildman–Crippen LogP) is 3.55. The van der Waals surface area contributed by atoms with Gasteiger partial charge in [-0.1, -0.05) is 6.07 Å². The molecule has 176 valence electrons. The fourth-order valence-electron chi connectivity index (χ4n) is 4.19. The minimum atomic E-state index is -1.66. The fourth-order valence-corrected chi connectivity index (χ4v) is 4.19. The second kappa shape index (κ2) is 8.28. The van der Waals surface area contributed by atoms with Crippen molar-refractivity contribution >= 4 is 22.7 Å². The van der Waals surface area contributed by atoms with Gasteiger partial charge in [-0.25, -0.2) is 24.0 Å². The molecule has 0 fully saturated rings. The number of aromatic nitrogens is 6. The van der Waals surface area contributed by atoms with Crippen LogP contribution < -0.4 is 16.2 Å². The van der Waals surface area contributed by atoms with Gasteiger partial charge in [0.25, 0.3) is 11.5 Å². The monoisotopic (exact) mass is 462 g/mol. The van der Waals surface area contributed by atoms with E-state index in [0.29, 0.717) is 17.0 Å². The Balaban J connectivity index is 1.63. The summed E-state index contributed by atoms with van der Waals surface area (Å²) in [5.74, 6) is 0.515. The van der Waals surface area contributed by atoms with Crippen LogP contribution in [0.3, 0.4) is 0 Å². The standard InChI is InChI=1S/C24H27FN8O/c1-14(2)32-21(34)18-13-28-22(29-17-6-5-15-7-9-26-12-16(15)11-17)31-20(18)33(32)23-27-10-8-19(30-23)24(3,4)25/h5-6,8,10-11,13-14,26H,7,9,12H2,1-4H3,(H,28,29,31). The second-order valence-corrected chi connectivity index (χ2v) is 9.24. The number of benzene rings is 1. The zero-order valence-corrected chi connectivity index (χ0v) is 19.6. The van der Waals surface area contributed by atoms with Crippen LogP contribution in [0.1, 0.15) is 50.6 Å². The maximum Gasteiger partial charge on any atom is 0.278 e. The second-order valence-electron chi connectivity index (χ2n) is 9.24. The molecule has 0 saturated carbocycles.